The number of hydrogen-bond donors (Lipinski definition) is 2. The molecule has 0 spiro atoms. The Morgan fingerprint density at radius 1 is 1.67 bits per heavy atom. The van der Waals surface area contributed by atoms with Gasteiger partial charge in [0.2, 0.25) is 0 Å². The zero-order valence-electron chi connectivity index (χ0n) is 6.31. The van der Waals surface area contributed by atoms with E-state index < -0.39 is 0 Å². The van der Waals surface area contributed by atoms with Gasteiger partial charge < -0.3 is 10.6 Å². The van der Waals surface area contributed by atoms with Gasteiger partial charge >= 0.3 is 0 Å². The van der Waals surface area contributed by atoms with Crippen LogP contribution >= 0.6 is 0 Å². The summed E-state index contributed by atoms with van der Waals surface area (Å²) in [5, 5.41) is 7.09. The topological polar surface area (TPSA) is 53.1 Å². The largest absolute Gasteiger partial charge is 0.370 e. The van der Waals surface area contributed by atoms with Gasteiger partial charge in [-0.25, -0.2) is 0 Å². The highest BCUT2D eigenvalue weighted by molar-refractivity contribution is 5.74. The third-order valence-corrected chi connectivity index (χ3v) is 1.27. The second-order valence-corrected chi connectivity index (χ2v) is 2.27. The molecule has 0 aromatic carbocycles. The van der Waals surface area contributed by atoms with Gasteiger partial charge in [-0.15, -0.1) is 0 Å². The molecule has 0 rings (SSSR count). The van der Waals surface area contributed by atoms with Crippen molar-refractivity contribution in [1.82, 2.24) is 4.90 Å². The summed E-state index contributed by atoms with van der Waals surface area (Å²) in [5.41, 5.74) is 5.26. The van der Waals surface area contributed by atoms with Crippen molar-refractivity contribution in [2.45, 2.75) is 26.8 Å². The van der Waals surface area contributed by atoms with Crippen molar-refractivity contribution in [2.75, 3.05) is 6.54 Å². The Balaban J connectivity index is 3.83. The average molecular weight is 129 g/mol. The average Bonchev–Trinajstić information content (AvgIpc) is 1.64. The number of nitrogens with zero attached hydrogens (tertiary/aromatic N) is 1. The maximum absolute atomic E-state index is 7.09. The van der Waals surface area contributed by atoms with Gasteiger partial charge in [-0.2, -0.15) is 0 Å². The molecule has 0 aromatic heterocycles. The van der Waals surface area contributed by atoms with E-state index in [0.717, 1.165) is 6.54 Å². The predicted molar refractivity (Wildman–Crippen MR) is 39.4 cm³/mol. The standard InChI is InChI=1S/C6H15N3/c1-4-9(5(2)3)6(7)8/h5H,4H2,1-3H3,(H3,7,8). The van der Waals surface area contributed by atoms with E-state index in [1.54, 1.807) is 0 Å². The fraction of sp³-hybridized carbons (Fsp3) is 0.833. The highest BCUT2D eigenvalue weighted by Crippen LogP contribution is 1.93. The second-order valence-electron chi connectivity index (χ2n) is 2.27. The summed E-state index contributed by atoms with van der Waals surface area (Å²) in [7, 11) is 0. The highest BCUT2D eigenvalue weighted by Gasteiger charge is 2.05. The van der Waals surface area contributed by atoms with Crippen LogP contribution in [0.5, 0.6) is 0 Å². The minimum atomic E-state index is 0.160. The van der Waals surface area contributed by atoms with E-state index in [-0.39, 0.29) is 5.96 Å². The van der Waals surface area contributed by atoms with E-state index >= 15 is 0 Å². The van der Waals surface area contributed by atoms with Gasteiger partial charge in [0.25, 0.3) is 0 Å². The molecule has 0 aliphatic heterocycles. The number of hydrogen-bond acceptors (Lipinski definition) is 1. The molecule has 0 aliphatic carbocycles. The molecule has 0 radical (unpaired) electrons. The molecule has 0 aromatic rings. The fourth-order valence-corrected chi connectivity index (χ4v) is 0.814. The quantitative estimate of drug-likeness (QED) is 0.424. The first-order valence-electron chi connectivity index (χ1n) is 3.20. The van der Waals surface area contributed by atoms with Gasteiger partial charge in [-0.05, 0) is 20.8 Å². The Labute approximate surface area is 56.3 Å². The van der Waals surface area contributed by atoms with Crippen LogP contribution < -0.4 is 5.73 Å². The lowest BCUT2D eigenvalue weighted by molar-refractivity contribution is 0.361. The second kappa shape index (κ2) is 3.33. The summed E-state index contributed by atoms with van der Waals surface area (Å²) < 4.78 is 0. The summed E-state index contributed by atoms with van der Waals surface area (Å²) in [4.78, 5) is 1.82. The van der Waals surface area contributed by atoms with Crippen LogP contribution in [0.25, 0.3) is 0 Å². The predicted octanol–water partition coefficient (Wildman–Crippen LogP) is 0.610. The molecule has 0 heterocycles. The van der Waals surface area contributed by atoms with Crippen molar-refractivity contribution in [1.29, 1.82) is 5.41 Å². The van der Waals surface area contributed by atoms with Crippen LogP contribution in [0.1, 0.15) is 20.8 Å². The van der Waals surface area contributed by atoms with Crippen LogP contribution in [-0.4, -0.2) is 23.4 Å². The van der Waals surface area contributed by atoms with Crippen LogP contribution in [0.3, 0.4) is 0 Å². The van der Waals surface area contributed by atoms with E-state index in [1.807, 2.05) is 25.7 Å². The lowest BCUT2D eigenvalue weighted by Gasteiger charge is -2.24. The molecule has 0 unspecified atom stereocenters. The number of nitrogens with two attached hydrogens (primary N) is 1. The van der Waals surface area contributed by atoms with Crippen LogP contribution in [0.15, 0.2) is 0 Å². The van der Waals surface area contributed by atoms with Gasteiger partial charge in [0.15, 0.2) is 5.96 Å². The number of rotatable bonds is 2. The minimum absolute atomic E-state index is 0.160. The van der Waals surface area contributed by atoms with E-state index in [1.165, 1.54) is 0 Å². The third kappa shape index (κ3) is 2.35. The molecule has 0 bridgehead atoms. The summed E-state index contributed by atoms with van der Waals surface area (Å²) in [6, 6.07) is 0.340. The normalized spacial score (nSPS) is 9.78. The molecule has 3 N–H and O–H groups in total. The Hall–Kier alpha value is -0.730. The SMILES string of the molecule is CCN(C(=N)N)C(C)C. The van der Waals surface area contributed by atoms with Gasteiger partial charge in [0, 0.05) is 12.6 Å². The molecule has 0 amide bonds. The maximum Gasteiger partial charge on any atom is 0.188 e. The molecular weight excluding hydrogens is 114 g/mol. The molecule has 0 saturated carbocycles. The first-order valence-corrected chi connectivity index (χ1v) is 3.20. The number of guanidine groups is 1. The van der Waals surface area contributed by atoms with Crippen LogP contribution in [0.2, 0.25) is 0 Å². The van der Waals surface area contributed by atoms with Gasteiger partial charge in [-0.3, -0.25) is 5.41 Å². The Morgan fingerprint density at radius 3 is 2.11 bits per heavy atom. The molecule has 0 fully saturated rings. The zero-order chi connectivity index (χ0) is 7.44. The Bertz CT molecular complexity index is 98.5. The van der Waals surface area contributed by atoms with Crippen molar-refractivity contribution in [2.24, 2.45) is 5.73 Å². The van der Waals surface area contributed by atoms with Gasteiger partial charge in [0.05, 0.1) is 0 Å². The molecule has 9 heavy (non-hydrogen) atoms. The van der Waals surface area contributed by atoms with Crippen LogP contribution in [0, 0.1) is 5.41 Å². The summed E-state index contributed by atoms with van der Waals surface area (Å²) in [6.07, 6.45) is 0. The van der Waals surface area contributed by atoms with Gasteiger partial charge in [0.1, 0.15) is 0 Å². The van der Waals surface area contributed by atoms with Crippen molar-refractivity contribution >= 4 is 5.96 Å². The van der Waals surface area contributed by atoms with E-state index in [9.17, 15) is 0 Å². The lowest BCUT2D eigenvalue weighted by Crippen LogP contribution is -2.40. The Morgan fingerprint density at radius 2 is 2.11 bits per heavy atom. The fourth-order valence-electron chi connectivity index (χ4n) is 0.814. The molecule has 0 saturated heterocycles. The van der Waals surface area contributed by atoms with Crippen LogP contribution in [-0.2, 0) is 0 Å². The van der Waals surface area contributed by atoms with Crippen molar-refractivity contribution in [3.63, 3.8) is 0 Å². The molecule has 54 valence electrons. The van der Waals surface area contributed by atoms with Crippen LogP contribution in [0.4, 0.5) is 0 Å². The molecular formula is C6H15N3. The molecule has 3 nitrogen and oxygen atoms in total. The molecule has 3 heteroatoms. The smallest absolute Gasteiger partial charge is 0.188 e. The van der Waals surface area contributed by atoms with Gasteiger partial charge in [-0.1, -0.05) is 0 Å². The van der Waals surface area contributed by atoms with Crippen molar-refractivity contribution < 1.29 is 0 Å². The zero-order valence-corrected chi connectivity index (χ0v) is 6.31. The lowest BCUT2D eigenvalue weighted by atomic mass is 10.3. The minimum Gasteiger partial charge on any atom is -0.370 e. The first kappa shape index (κ1) is 8.27. The summed E-state index contributed by atoms with van der Waals surface area (Å²) in [5.74, 6) is 0.160. The third-order valence-electron chi connectivity index (χ3n) is 1.27. The number of nitrogens with one attached hydrogen (secondary N) is 1. The van der Waals surface area contributed by atoms with E-state index in [0.29, 0.717) is 6.04 Å². The summed E-state index contributed by atoms with van der Waals surface area (Å²) in [6.45, 7) is 6.84. The molecule has 0 atom stereocenters. The maximum atomic E-state index is 7.09. The van der Waals surface area contributed by atoms with E-state index in [4.69, 9.17) is 11.1 Å². The Kier molecular flexibility index (Phi) is 3.06. The highest BCUT2D eigenvalue weighted by atomic mass is 15.2. The molecule has 0 aliphatic rings. The monoisotopic (exact) mass is 129 g/mol. The first-order chi connectivity index (χ1) is 4.09. The van der Waals surface area contributed by atoms with Crippen molar-refractivity contribution in [3.05, 3.63) is 0 Å². The summed E-state index contributed by atoms with van der Waals surface area (Å²) >= 11 is 0. The van der Waals surface area contributed by atoms with Crippen molar-refractivity contribution in [3.8, 4) is 0 Å². The van der Waals surface area contributed by atoms with E-state index in [2.05, 4.69) is 0 Å².